The van der Waals surface area contributed by atoms with Gasteiger partial charge in [-0.3, -0.25) is 5.10 Å². The number of urea groups is 1. The van der Waals surface area contributed by atoms with Crippen LogP contribution < -0.4 is 20.1 Å². The number of rotatable bonds is 6. The maximum atomic E-state index is 11.9. The first-order chi connectivity index (χ1) is 10.6. The smallest absolute Gasteiger partial charge is 0.315 e. The van der Waals surface area contributed by atoms with Crippen molar-refractivity contribution in [1.82, 2.24) is 20.8 Å². The van der Waals surface area contributed by atoms with Gasteiger partial charge in [-0.25, -0.2) is 4.79 Å². The van der Waals surface area contributed by atoms with Gasteiger partial charge < -0.3 is 20.1 Å². The van der Waals surface area contributed by atoms with Crippen molar-refractivity contribution < 1.29 is 14.3 Å². The molecule has 0 unspecified atom stereocenters. The van der Waals surface area contributed by atoms with Crippen LogP contribution in [0.4, 0.5) is 4.79 Å². The summed E-state index contributed by atoms with van der Waals surface area (Å²) in [6.07, 6.45) is 1.64. The molecule has 22 heavy (non-hydrogen) atoms. The number of amides is 2. The van der Waals surface area contributed by atoms with Crippen molar-refractivity contribution in [2.75, 3.05) is 14.2 Å². The topological polar surface area (TPSA) is 88.3 Å². The average molecular weight is 304 g/mol. The van der Waals surface area contributed by atoms with Crippen molar-refractivity contribution in [3.8, 4) is 11.5 Å². The first-order valence-electron chi connectivity index (χ1n) is 6.88. The number of nitrogens with zero attached hydrogens (tertiary/aromatic N) is 1. The summed E-state index contributed by atoms with van der Waals surface area (Å²) in [5.41, 5.74) is 1.68. The van der Waals surface area contributed by atoms with Crippen LogP contribution in [0.3, 0.4) is 0 Å². The van der Waals surface area contributed by atoms with Gasteiger partial charge in [0.1, 0.15) is 11.5 Å². The molecule has 0 radical (unpaired) electrons. The van der Waals surface area contributed by atoms with E-state index in [1.807, 2.05) is 25.1 Å². The fraction of sp³-hybridized carbons (Fsp3) is 0.333. The number of ether oxygens (including phenoxy) is 2. The normalized spacial score (nSPS) is 11.6. The molecule has 1 aromatic carbocycles. The molecule has 1 atom stereocenters. The lowest BCUT2D eigenvalue weighted by Crippen LogP contribution is -2.36. The minimum Gasteiger partial charge on any atom is -0.497 e. The summed E-state index contributed by atoms with van der Waals surface area (Å²) in [4.78, 5) is 11.9. The van der Waals surface area contributed by atoms with Crippen LogP contribution in [0.25, 0.3) is 0 Å². The fourth-order valence-corrected chi connectivity index (χ4v) is 2.06. The molecule has 0 fully saturated rings. The highest BCUT2D eigenvalue weighted by Gasteiger charge is 2.15. The molecule has 2 aromatic rings. The molecule has 0 aliphatic heterocycles. The maximum absolute atomic E-state index is 11.9. The summed E-state index contributed by atoms with van der Waals surface area (Å²) < 4.78 is 10.5. The summed E-state index contributed by atoms with van der Waals surface area (Å²) in [6, 6.07) is 6.77. The summed E-state index contributed by atoms with van der Waals surface area (Å²) in [7, 11) is 3.19. The molecular weight excluding hydrogens is 284 g/mol. The highest BCUT2D eigenvalue weighted by molar-refractivity contribution is 5.74. The summed E-state index contributed by atoms with van der Waals surface area (Å²) in [5.74, 6) is 1.41. The number of hydrogen-bond donors (Lipinski definition) is 3. The molecular formula is C15H20N4O3. The molecule has 0 aliphatic carbocycles. The summed E-state index contributed by atoms with van der Waals surface area (Å²) in [6.45, 7) is 2.26. The Hall–Kier alpha value is -2.70. The van der Waals surface area contributed by atoms with Gasteiger partial charge in [0.05, 0.1) is 32.5 Å². The predicted molar refractivity (Wildman–Crippen MR) is 81.9 cm³/mol. The van der Waals surface area contributed by atoms with Crippen LogP contribution in [0.1, 0.15) is 24.2 Å². The molecule has 0 bridgehead atoms. The van der Waals surface area contributed by atoms with Gasteiger partial charge in [0.2, 0.25) is 0 Å². The van der Waals surface area contributed by atoms with Gasteiger partial charge in [-0.05, 0) is 31.2 Å². The standard InChI is InChI=1S/C15H20N4O3/c1-10(13-8-12(21-2)4-5-14(13)22-3)18-15(20)16-9-11-6-7-17-19-11/h4-8,10H,9H2,1-3H3,(H,17,19)(H2,16,18,20)/t10-/m1/s1. The first kappa shape index (κ1) is 15.7. The van der Waals surface area contributed by atoms with E-state index >= 15 is 0 Å². The number of H-pyrrole nitrogens is 1. The third kappa shape index (κ3) is 3.91. The van der Waals surface area contributed by atoms with E-state index in [1.54, 1.807) is 26.5 Å². The Morgan fingerprint density at radius 1 is 1.32 bits per heavy atom. The van der Waals surface area contributed by atoms with Crippen molar-refractivity contribution in [3.05, 3.63) is 41.7 Å². The van der Waals surface area contributed by atoms with Gasteiger partial charge in [0.25, 0.3) is 0 Å². The second kappa shape index (κ2) is 7.35. The molecule has 3 N–H and O–H groups in total. The third-order valence-corrected chi connectivity index (χ3v) is 3.25. The zero-order chi connectivity index (χ0) is 15.9. The van der Waals surface area contributed by atoms with Crippen molar-refractivity contribution >= 4 is 6.03 Å². The number of carbonyl (C=O) groups is 1. The Bertz CT molecular complexity index is 613. The maximum Gasteiger partial charge on any atom is 0.315 e. The Labute approximate surface area is 129 Å². The largest absolute Gasteiger partial charge is 0.497 e. The van der Waals surface area contributed by atoms with Crippen LogP contribution in [-0.2, 0) is 6.54 Å². The molecule has 1 aromatic heterocycles. The van der Waals surface area contributed by atoms with Crippen LogP contribution in [0.2, 0.25) is 0 Å². The monoisotopic (exact) mass is 304 g/mol. The molecule has 0 aliphatic rings. The Morgan fingerprint density at radius 3 is 2.77 bits per heavy atom. The average Bonchev–Trinajstić information content (AvgIpc) is 3.05. The Morgan fingerprint density at radius 2 is 2.14 bits per heavy atom. The van der Waals surface area contributed by atoms with E-state index in [9.17, 15) is 4.79 Å². The van der Waals surface area contributed by atoms with Gasteiger partial charge in [0.15, 0.2) is 0 Å². The highest BCUT2D eigenvalue weighted by Crippen LogP contribution is 2.29. The van der Waals surface area contributed by atoms with Crippen molar-refractivity contribution in [2.24, 2.45) is 0 Å². The van der Waals surface area contributed by atoms with Gasteiger partial charge >= 0.3 is 6.03 Å². The molecule has 1 heterocycles. The number of aromatic amines is 1. The van der Waals surface area contributed by atoms with Crippen molar-refractivity contribution in [2.45, 2.75) is 19.5 Å². The number of benzene rings is 1. The zero-order valence-corrected chi connectivity index (χ0v) is 12.8. The lowest BCUT2D eigenvalue weighted by Gasteiger charge is -2.18. The molecule has 118 valence electrons. The zero-order valence-electron chi connectivity index (χ0n) is 12.8. The van der Waals surface area contributed by atoms with Crippen LogP contribution in [0.15, 0.2) is 30.5 Å². The van der Waals surface area contributed by atoms with Gasteiger partial charge in [-0.2, -0.15) is 5.10 Å². The number of hydrogen-bond acceptors (Lipinski definition) is 4. The second-order valence-electron chi connectivity index (χ2n) is 4.74. The van der Waals surface area contributed by atoms with E-state index in [0.29, 0.717) is 18.0 Å². The number of carbonyl (C=O) groups excluding carboxylic acids is 1. The summed E-state index contributed by atoms with van der Waals surface area (Å²) >= 11 is 0. The highest BCUT2D eigenvalue weighted by atomic mass is 16.5. The molecule has 0 spiro atoms. The Kier molecular flexibility index (Phi) is 5.24. The minimum absolute atomic E-state index is 0.230. The lowest BCUT2D eigenvalue weighted by molar-refractivity contribution is 0.237. The van der Waals surface area contributed by atoms with Gasteiger partial charge in [-0.1, -0.05) is 0 Å². The van der Waals surface area contributed by atoms with E-state index in [0.717, 1.165) is 11.3 Å². The molecule has 2 rings (SSSR count). The van der Waals surface area contributed by atoms with E-state index in [1.165, 1.54) is 0 Å². The quantitative estimate of drug-likeness (QED) is 0.761. The minimum atomic E-state index is -0.271. The SMILES string of the molecule is COc1ccc(OC)c([C@@H](C)NC(=O)NCc2ccn[nH]2)c1. The number of nitrogens with one attached hydrogen (secondary N) is 3. The van der Waals surface area contributed by atoms with E-state index < -0.39 is 0 Å². The van der Waals surface area contributed by atoms with Gasteiger partial charge in [-0.15, -0.1) is 0 Å². The predicted octanol–water partition coefficient (Wildman–Crippen LogP) is 1.99. The molecule has 0 saturated carbocycles. The second-order valence-corrected chi connectivity index (χ2v) is 4.74. The van der Waals surface area contributed by atoms with Crippen LogP contribution in [-0.4, -0.2) is 30.4 Å². The molecule has 0 saturated heterocycles. The molecule has 2 amide bonds. The van der Waals surface area contributed by atoms with E-state index in [4.69, 9.17) is 9.47 Å². The number of methoxy groups -OCH3 is 2. The number of aromatic nitrogens is 2. The fourth-order valence-electron chi connectivity index (χ4n) is 2.06. The van der Waals surface area contributed by atoms with Crippen molar-refractivity contribution in [1.29, 1.82) is 0 Å². The third-order valence-electron chi connectivity index (χ3n) is 3.25. The molecule has 7 nitrogen and oxygen atoms in total. The first-order valence-corrected chi connectivity index (χ1v) is 6.88. The van der Waals surface area contributed by atoms with Crippen LogP contribution in [0.5, 0.6) is 11.5 Å². The summed E-state index contributed by atoms with van der Waals surface area (Å²) in [5, 5.41) is 12.2. The van der Waals surface area contributed by atoms with Crippen LogP contribution in [0, 0.1) is 0 Å². The Balaban J connectivity index is 1.98. The van der Waals surface area contributed by atoms with Gasteiger partial charge in [0, 0.05) is 11.8 Å². The van der Waals surface area contributed by atoms with E-state index in [2.05, 4.69) is 20.8 Å². The van der Waals surface area contributed by atoms with Crippen LogP contribution >= 0.6 is 0 Å². The van der Waals surface area contributed by atoms with E-state index in [-0.39, 0.29) is 12.1 Å². The van der Waals surface area contributed by atoms with Crippen molar-refractivity contribution in [3.63, 3.8) is 0 Å². The lowest BCUT2D eigenvalue weighted by atomic mass is 10.1. The molecule has 7 heteroatoms.